The molecule has 2 unspecified atom stereocenters. The van der Waals surface area contributed by atoms with Gasteiger partial charge < -0.3 is 14.2 Å². The van der Waals surface area contributed by atoms with E-state index in [0.717, 1.165) is 18.1 Å². The van der Waals surface area contributed by atoms with E-state index in [0.29, 0.717) is 17.9 Å². The van der Waals surface area contributed by atoms with Gasteiger partial charge in [0.15, 0.2) is 11.5 Å². The van der Waals surface area contributed by atoms with Gasteiger partial charge in [0.1, 0.15) is 0 Å². The first-order chi connectivity index (χ1) is 9.81. The molecule has 2 aliphatic carbocycles. The van der Waals surface area contributed by atoms with Crippen LogP contribution in [0.2, 0.25) is 0 Å². The Morgan fingerprint density at radius 1 is 1.10 bits per heavy atom. The van der Waals surface area contributed by atoms with Crippen LogP contribution < -0.4 is 9.47 Å². The molecule has 20 heavy (non-hydrogen) atoms. The van der Waals surface area contributed by atoms with Crippen LogP contribution in [0.1, 0.15) is 43.6 Å². The molecule has 0 spiro atoms. The molecule has 0 radical (unpaired) electrons. The molecule has 0 N–H and O–H groups in total. The van der Waals surface area contributed by atoms with E-state index in [-0.39, 0.29) is 0 Å². The molecule has 0 heterocycles. The van der Waals surface area contributed by atoms with E-state index in [1.54, 1.807) is 14.2 Å². The Morgan fingerprint density at radius 3 is 2.60 bits per heavy atom. The van der Waals surface area contributed by atoms with E-state index in [1.165, 1.54) is 37.7 Å². The highest BCUT2D eigenvalue weighted by Gasteiger charge is 2.38. The van der Waals surface area contributed by atoms with Crippen molar-refractivity contribution in [3.05, 3.63) is 23.8 Å². The lowest BCUT2D eigenvalue weighted by Gasteiger charge is -2.17. The van der Waals surface area contributed by atoms with Gasteiger partial charge in [-0.05, 0) is 61.6 Å². The zero-order valence-corrected chi connectivity index (χ0v) is 12.4. The van der Waals surface area contributed by atoms with Crippen LogP contribution >= 0.6 is 0 Å². The van der Waals surface area contributed by atoms with Crippen LogP contribution in [0, 0.1) is 5.92 Å². The van der Waals surface area contributed by atoms with Gasteiger partial charge in [-0.2, -0.15) is 0 Å². The molecule has 0 bridgehead atoms. The second-order valence-corrected chi connectivity index (χ2v) is 5.99. The smallest absolute Gasteiger partial charge is 0.161 e. The van der Waals surface area contributed by atoms with Gasteiger partial charge in [-0.15, -0.1) is 0 Å². The zero-order valence-electron chi connectivity index (χ0n) is 12.4. The molecule has 2 saturated carbocycles. The minimum absolute atomic E-state index is 0.369. The van der Waals surface area contributed by atoms with Crippen LogP contribution in [0.3, 0.4) is 0 Å². The van der Waals surface area contributed by atoms with Crippen molar-refractivity contribution >= 4 is 0 Å². The Kier molecular flexibility index (Phi) is 4.16. The molecular weight excluding hydrogens is 252 g/mol. The summed E-state index contributed by atoms with van der Waals surface area (Å²) in [6.45, 7) is 0.857. The van der Waals surface area contributed by atoms with Crippen molar-refractivity contribution in [1.29, 1.82) is 0 Å². The number of benzene rings is 1. The van der Waals surface area contributed by atoms with Crippen molar-refractivity contribution < 1.29 is 14.2 Å². The summed E-state index contributed by atoms with van der Waals surface area (Å²) >= 11 is 0. The van der Waals surface area contributed by atoms with Crippen LogP contribution in [0.15, 0.2) is 18.2 Å². The lowest BCUT2D eigenvalue weighted by molar-refractivity contribution is 0.184. The lowest BCUT2D eigenvalue weighted by Crippen LogP contribution is -2.11. The molecule has 1 aromatic carbocycles. The van der Waals surface area contributed by atoms with Crippen molar-refractivity contribution in [2.24, 2.45) is 5.92 Å². The van der Waals surface area contributed by atoms with Crippen LogP contribution in [-0.4, -0.2) is 26.9 Å². The van der Waals surface area contributed by atoms with Gasteiger partial charge in [0.05, 0.1) is 13.2 Å². The van der Waals surface area contributed by atoms with Gasteiger partial charge in [-0.1, -0.05) is 6.07 Å². The molecule has 2 fully saturated rings. The Morgan fingerprint density at radius 2 is 1.90 bits per heavy atom. The standard InChI is InChI=1S/C17H24O3/c1-18-11-13-9-15(13)12-7-8-16(19-2)17(10-12)20-14-5-3-4-6-14/h7-8,10,13-15H,3-6,9,11H2,1-2H3. The Hall–Kier alpha value is -1.22. The predicted molar refractivity (Wildman–Crippen MR) is 78.6 cm³/mol. The maximum Gasteiger partial charge on any atom is 0.161 e. The fourth-order valence-corrected chi connectivity index (χ4v) is 3.26. The number of hydrogen-bond acceptors (Lipinski definition) is 3. The average molecular weight is 276 g/mol. The number of rotatable bonds is 6. The van der Waals surface area contributed by atoms with E-state index >= 15 is 0 Å². The van der Waals surface area contributed by atoms with E-state index in [1.807, 2.05) is 6.07 Å². The SMILES string of the molecule is COCC1CC1c1ccc(OC)c(OC2CCCC2)c1. The lowest BCUT2D eigenvalue weighted by atomic mass is 10.1. The Labute approximate surface area is 121 Å². The maximum absolute atomic E-state index is 6.15. The van der Waals surface area contributed by atoms with Gasteiger partial charge in [-0.3, -0.25) is 0 Å². The quantitative estimate of drug-likeness (QED) is 0.791. The zero-order chi connectivity index (χ0) is 13.9. The van der Waals surface area contributed by atoms with Gasteiger partial charge in [0.25, 0.3) is 0 Å². The highest BCUT2D eigenvalue weighted by molar-refractivity contribution is 5.45. The molecule has 2 aliphatic rings. The molecule has 3 nitrogen and oxygen atoms in total. The minimum Gasteiger partial charge on any atom is -0.493 e. The fourth-order valence-electron chi connectivity index (χ4n) is 3.26. The Bertz CT molecular complexity index is 452. The summed E-state index contributed by atoms with van der Waals surface area (Å²) in [5.41, 5.74) is 1.36. The summed E-state index contributed by atoms with van der Waals surface area (Å²) in [4.78, 5) is 0. The summed E-state index contributed by atoms with van der Waals surface area (Å²) in [5.74, 6) is 3.07. The number of ether oxygens (including phenoxy) is 3. The summed E-state index contributed by atoms with van der Waals surface area (Å²) in [6.07, 6.45) is 6.50. The van der Waals surface area contributed by atoms with Crippen molar-refractivity contribution in [3.63, 3.8) is 0 Å². The normalized spacial score (nSPS) is 25.7. The third-order valence-electron chi connectivity index (χ3n) is 4.52. The largest absolute Gasteiger partial charge is 0.493 e. The van der Waals surface area contributed by atoms with Gasteiger partial charge in [-0.25, -0.2) is 0 Å². The molecule has 0 amide bonds. The number of methoxy groups -OCH3 is 2. The molecule has 0 aromatic heterocycles. The number of hydrogen-bond donors (Lipinski definition) is 0. The van der Waals surface area contributed by atoms with Crippen molar-refractivity contribution in [2.75, 3.05) is 20.8 Å². The molecule has 3 heteroatoms. The second kappa shape index (κ2) is 6.04. The maximum atomic E-state index is 6.15. The van der Waals surface area contributed by atoms with E-state index in [9.17, 15) is 0 Å². The average Bonchev–Trinajstić information content (AvgIpc) is 3.04. The molecule has 0 aliphatic heterocycles. The summed E-state index contributed by atoms with van der Waals surface area (Å²) in [5, 5.41) is 0. The minimum atomic E-state index is 0.369. The summed E-state index contributed by atoms with van der Waals surface area (Å²) in [7, 11) is 3.49. The molecule has 1 aromatic rings. The summed E-state index contributed by atoms with van der Waals surface area (Å²) in [6, 6.07) is 6.39. The summed E-state index contributed by atoms with van der Waals surface area (Å²) < 4.78 is 16.8. The van der Waals surface area contributed by atoms with E-state index in [4.69, 9.17) is 14.2 Å². The van der Waals surface area contributed by atoms with Gasteiger partial charge in [0, 0.05) is 13.7 Å². The monoisotopic (exact) mass is 276 g/mol. The topological polar surface area (TPSA) is 27.7 Å². The van der Waals surface area contributed by atoms with Gasteiger partial charge in [0.2, 0.25) is 0 Å². The predicted octanol–water partition coefficient (Wildman–Crippen LogP) is 3.77. The molecule has 2 atom stereocenters. The third kappa shape index (κ3) is 2.93. The highest BCUT2D eigenvalue weighted by Crippen LogP contribution is 2.49. The molecule has 0 saturated heterocycles. The second-order valence-electron chi connectivity index (χ2n) is 5.99. The molecular formula is C17H24O3. The van der Waals surface area contributed by atoms with Crippen LogP contribution in [0.5, 0.6) is 11.5 Å². The molecule has 110 valence electrons. The van der Waals surface area contributed by atoms with Crippen molar-refractivity contribution in [2.45, 2.75) is 44.1 Å². The van der Waals surface area contributed by atoms with Gasteiger partial charge >= 0.3 is 0 Å². The van der Waals surface area contributed by atoms with Crippen LogP contribution in [-0.2, 0) is 4.74 Å². The third-order valence-corrected chi connectivity index (χ3v) is 4.52. The van der Waals surface area contributed by atoms with Crippen molar-refractivity contribution in [1.82, 2.24) is 0 Å². The van der Waals surface area contributed by atoms with Crippen LogP contribution in [0.25, 0.3) is 0 Å². The Balaban J connectivity index is 1.73. The van der Waals surface area contributed by atoms with Crippen molar-refractivity contribution in [3.8, 4) is 11.5 Å². The molecule has 3 rings (SSSR count). The van der Waals surface area contributed by atoms with E-state index < -0.39 is 0 Å². The van der Waals surface area contributed by atoms with E-state index in [2.05, 4.69) is 12.1 Å². The first kappa shape index (κ1) is 13.7. The van der Waals surface area contributed by atoms with Crippen LogP contribution in [0.4, 0.5) is 0 Å². The highest BCUT2D eigenvalue weighted by atomic mass is 16.5. The first-order valence-electron chi connectivity index (χ1n) is 7.65. The first-order valence-corrected chi connectivity index (χ1v) is 7.65. The fraction of sp³-hybridized carbons (Fsp3) is 0.647.